The highest BCUT2D eigenvalue weighted by Gasteiger charge is 2.32. The van der Waals surface area contributed by atoms with E-state index in [1.165, 1.54) is 24.3 Å². The van der Waals surface area contributed by atoms with E-state index in [2.05, 4.69) is 41.6 Å². The van der Waals surface area contributed by atoms with Crippen LogP contribution in [0.2, 0.25) is 0 Å². The molecule has 0 aromatic heterocycles. The zero-order valence-corrected chi connectivity index (χ0v) is 18.4. The Balaban J connectivity index is 1.60. The maximum Gasteiger partial charge on any atom is 0.240 e. The molecule has 0 saturated carbocycles. The predicted molar refractivity (Wildman–Crippen MR) is 121 cm³/mol. The number of hydrogen-bond donors (Lipinski definition) is 2. The topological polar surface area (TPSA) is 100.0 Å². The second-order valence-electron chi connectivity index (χ2n) is 8.49. The first-order chi connectivity index (χ1) is 14.1. The fourth-order valence-electron chi connectivity index (χ4n) is 3.65. The van der Waals surface area contributed by atoms with Crippen molar-refractivity contribution in [1.29, 1.82) is 0 Å². The Morgan fingerprint density at radius 3 is 2.73 bits per heavy atom. The first kappa shape index (κ1) is 22.0. The molecule has 2 amide bonds. The average Bonchev–Trinajstić information content (AvgIpc) is 2.98. The van der Waals surface area contributed by atoms with Gasteiger partial charge in [-0.25, -0.2) is 0 Å². The number of amides is 2. The van der Waals surface area contributed by atoms with Crippen LogP contribution >= 0.6 is 11.8 Å². The van der Waals surface area contributed by atoms with Crippen LogP contribution in [-0.2, 0) is 9.59 Å². The molecule has 0 unspecified atom stereocenters. The Hall–Kier alpha value is -2.74. The van der Waals surface area contributed by atoms with Crippen LogP contribution in [0.25, 0.3) is 0 Å². The number of Topliss-reactive ketones (excluding diaryl/α,β-unsaturated/α-hetero) is 1. The normalized spacial score (nSPS) is 23.3. The average molecular weight is 427 g/mol. The minimum absolute atomic E-state index is 0.00241. The molecule has 0 bridgehead atoms. The molecule has 2 N–H and O–H groups in total. The molecule has 30 heavy (non-hydrogen) atoms. The largest absolute Gasteiger partial charge is 0.326 e. The highest BCUT2D eigenvalue weighted by molar-refractivity contribution is 8.15. The number of hydrogen-bond acceptors (Lipinski definition) is 6. The molecule has 1 saturated heterocycles. The van der Waals surface area contributed by atoms with Gasteiger partial charge >= 0.3 is 0 Å². The molecule has 8 heteroatoms. The number of rotatable bonds is 5. The molecule has 7 nitrogen and oxygen atoms in total. The quantitative estimate of drug-likeness (QED) is 0.550. The van der Waals surface area contributed by atoms with Gasteiger partial charge in [-0.15, -0.1) is 5.10 Å². The van der Waals surface area contributed by atoms with Gasteiger partial charge in [-0.2, -0.15) is 5.10 Å². The number of carbonyl (C=O) groups excluding carboxylic acids is 3. The summed E-state index contributed by atoms with van der Waals surface area (Å²) in [4.78, 5) is 36.0. The maximum atomic E-state index is 12.4. The number of benzene rings is 1. The van der Waals surface area contributed by atoms with E-state index in [0.29, 0.717) is 16.4 Å². The van der Waals surface area contributed by atoms with Crippen molar-refractivity contribution < 1.29 is 14.4 Å². The third-order valence-corrected chi connectivity index (χ3v) is 5.87. The third-order valence-electron chi connectivity index (χ3n) is 4.80. The van der Waals surface area contributed by atoms with Crippen molar-refractivity contribution in [3.63, 3.8) is 0 Å². The van der Waals surface area contributed by atoms with Gasteiger partial charge in [0.15, 0.2) is 11.0 Å². The zero-order valence-electron chi connectivity index (χ0n) is 17.6. The third kappa shape index (κ3) is 5.89. The highest BCUT2D eigenvalue weighted by Crippen LogP contribution is 2.34. The van der Waals surface area contributed by atoms with Gasteiger partial charge in [-0.05, 0) is 50.3 Å². The van der Waals surface area contributed by atoms with Crippen LogP contribution in [0.5, 0.6) is 0 Å². The lowest BCUT2D eigenvalue weighted by Crippen LogP contribution is -2.28. The number of thioether (sulfide) groups is 1. The van der Waals surface area contributed by atoms with Gasteiger partial charge in [0.2, 0.25) is 11.8 Å². The maximum absolute atomic E-state index is 12.4. The van der Waals surface area contributed by atoms with E-state index in [4.69, 9.17) is 0 Å². The van der Waals surface area contributed by atoms with Crippen LogP contribution in [-0.4, -0.2) is 33.7 Å². The summed E-state index contributed by atoms with van der Waals surface area (Å²) in [7, 11) is 0. The van der Waals surface area contributed by atoms with Crippen molar-refractivity contribution in [3.8, 4) is 0 Å². The van der Waals surface area contributed by atoms with Crippen molar-refractivity contribution in [2.45, 2.75) is 52.2 Å². The molecule has 158 valence electrons. The smallest absolute Gasteiger partial charge is 0.240 e. The molecular weight excluding hydrogens is 400 g/mol. The minimum atomic E-state index is -0.569. The first-order valence-corrected chi connectivity index (χ1v) is 10.7. The molecule has 1 fully saturated rings. The Bertz CT molecular complexity index is 978. The van der Waals surface area contributed by atoms with E-state index in [-0.39, 0.29) is 29.4 Å². The summed E-state index contributed by atoms with van der Waals surface area (Å²) in [6, 6.07) is 6.71. The van der Waals surface area contributed by atoms with Gasteiger partial charge in [0, 0.05) is 17.7 Å². The van der Waals surface area contributed by atoms with E-state index in [1.807, 2.05) is 6.08 Å². The van der Waals surface area contributed by atoms with Gasteiger partial charge in [0.1, 0.15) is 5.25 Å². The lowest BCUT2D eigenvalue weighted by atomic mass is 9.77. The standard InChI is InChI=1S/C22H26N4O3S/c1-13-8-17(12-22(3,4)11-13)25-26-21-24-20(29)18(30-21)10-19(28)23-16-7-5-6-15(9-16)14(2)27/h5-9,18H,10-12H2,1-4H3,(H,23,28)(H,24,26,29)/b25-17-/t18-/m1/s1. The lowest BCUT2D eigenvalue weighted by Gasteiger charge is -2.28. The summed E-state index contributed by atoms with van der Waals surface area (Å²) < 4.78 is 0. The van der Waals surface area contributed by atoms with E-state index in [1.54, 1.807) is 24.3 Å². The Morgan fingerprint density at radius 1 is 1.27 bits per heavy atom. The molecule has 1 aromatic rings. The van der Waals surface area contributed by atoms with E-state index < -0.39 is 5.25 Å². The van der Waals surface area contributed by atoms with Crippen molar-refractivity contribution >= 4 is 45.9 Å². The van der Waals surface area contributed by atoms with Crippen LogP contribution < -0.4 is 10.6 Å². The molecule has 3 rings (SSSR count). The Labute approximate surface area is 180 Å². The van der Waals surface area contributed by atoms with Crippen molar-refractivity contribution in [2.24, 2.45) is 15.6 Å². The summed E-state index contributed by atoms with van der Waals surface area (Å²) in [5.41, 5.74) is 3.34. The molecular formula is C22H26N4O3S. The van der Waals surface area contributed by atoms with Crippen LogP contribution in [0.1, 0.15) is 57.3 Å². The fraction of sp³-hybridized carbons (Fsp3) is 0.409. The lowest BCUT2D eigenvalue weighted by molar-refractivity contribution is -0.122. The molecule has 1 aliphatic heterocycles. The fourth-order valence-corrected chi connectivity index (χ4v) is 4.57. The summed E-state index contributed by atoms with van der Waals surface area (Å²) >= 11 is 1.20. The van der Waals surface area contributed by atoms with Crippen LogP contribution in [0.4, 0.5) is 5.69 Å². The second kappa shape index (κ2) is 8.95. The van der Waals surface area contributed by atoms with Gasteiger partial charge in [-0.1, -0.05) is 43.3 Å². The summed E-state index contributed by atoms with van der Waals surface area (Å²) in [6.45, 7) is 7.93. The second-order valence-corrected chi connectivity index (χ2v) is 9.68. The summed E-state index contributed by atoms with van der Waals surface area (Å²) in [5, 5.41) is 13.8. The number of ketones is 1. The molecule has 1 heterocycles. The van der Waals surface area contributed by atoms with Gasteiger partial charge in [0.25, 0.3) is 0 Å². The van der Waals surface area contributed by atoms with Crippen molar-refractivity contribution in [2.75, 3.05) is 5.32 Å². The molecule has 1 aromatic carbocycles. The predicted octanol–water partition coefficient (Wildman–Crippen LogP) is 3.93. The van der Waals surface area contributed by atoms with Crippen LogP contribution in [0.15, 0.2) is 46.1 Å². The number of carbonyl (C=O) groups is 3. The number of allylic oxidation sites excluding steroid dienone is 2. The first-order valence-electron chi connectivity index (χ1n) is 9.81. The summed E-state index contributed by atoms with van der Waals surface area (Å²) in [6.07, 6.45) is 3.89. The van der Waals surface area contributed by atoms with Gasteiger partial charge < -0.3 is 10.6 Å². The highest BCUT2D eigenvalue weighted by atomic mass is 32.2. The number of anilines is 1. The van der Waals surface area contributed by atoms with E-state index >= 15 is 0 Å². The minimum Gasteiger partial charge on any atom is -0.326 e. The monoisotopic (exact) mass is 426 g/mol. The number of nitrogens with zero attached hydrogens (tertiary/aromatic N) is 2. The van der Waals surface area contributed by atoms with Crippen molar-refractivity contribution in [3.05, 3.63) is 41.5 Å². The van der Waals surface area contributed by atoms with Gasteiger partial charge in [-0.3, -0.25) is 14.4 Å². The molecule has 1 atom stereocenters. The Kier molecular flexibility index (Phi) is 6.55. The van der Waals surface area contributed by atoms with Crippen molar-refractivity contribution in [1.82, 2.24) is 5.32 Å². The molecule has 0 spiro atoms. The molecule has 0 radical (unpaired) electrons. The van der Waals surface area contributed by atoms with E-state index in [0.717, 1.165) is 18.6 Å². The Morgan fingerprint density at radius 2 is 2.03 bits per heavy atom. The van der Waals surface area contributed by atoms with Crippen LogP contribution in [0, 0.1) is 5.41 Å². The van der Waals surface area contributed by atoms with E-state index in [9.17, 15) is 14.4 Å². The van der Waals surface area contributed by atoms with Crippen LogP contribution in [0.3, 0.4) is 0 Å². The molecule has 2 aliphatic rings. The zero-order chi connectivity index (χ0) is 21.9. The number of amidine groups is 1. The summed E-state index contributed by atoms with van der Waals surface area (Å²) in [5.74, 6) is -0.642. The number of nitrogens with one attached hydrogen (secondary N) is 2. The van der Waals surface area contributed by atoms with Gasteiger partial charge in [0.05, 0.1) is 5.71 Å². The molecule has 1 aliphatic carbocycles. The SMILES string of the molecule is CC(=O)c1cccc(NC(=O)C[C@H]2S/C(=N/N=C3/C=C(C)CC(C)(C)C3)NC2=O)c1.